The lowest BCUT2D eigenvalue weighted by Gasteiger charge is -2.29. The first-order chi connectivity index (χ1) is 18.0. The highest BCUT2D eigenvalue weighted by molar-refractivity contribution is 7.99. The molecular weight excluding hydrogens is 494 g/mol. The molecule has 2 saturated heterocycles. The highest BCUT2D eigenvalue weighted by atomic mass is 32.2. The zero-order chi connectivity index (χ0) is 25.1. The van der Waals surface area contributed by atoms with Gasteiger partial charge in [0.25, 0.3) is 5.91 Å². The van der Waals surface area contributed by atoms with E-state index in [0.29, 0.717) is 40.7 Å². The summed E-state index contributed by atoms with van der Waals surface area (Å²) in [4.78, 5) is 22.3. The fourth-order valence-electron chi connectivity index (χ4n) is 5.59. The second-order valence-electron chi connectivity index (χ2n) is 9.84. The van der Waals surface area contributed by atoms with Crippen molar-refractivity contribution in [1.29, 1.82) is 0 Å². The van der Waals surface area contributed by atoms with Crippen molar-refractivity contribution >= 4 is 40.5 Å². The molecule has 2 aromatic carbocycles. The van der Waals surface area contributed by atoms with Crippen LogP contribution in [0, 0.1) is 23.5 Å². The smallest absolute Gasteiger partial charge is 0.261 e. The number of carbonyl (C=O) groups is 1. The van der Waals surface area contributed by atoms with Crippen LogP contribution < -0.4 is 15.1 Å². The summed E-state index contributed by atoms with van der Waals surface area (Å²) in [5.74, 6) is 2.25. The van der Waals surface area contributed by atoms with E-state index in [1.54, 1.807) is 10.7 Å². The van der Waals surface area contributed by atoms with Crippen molar-refractivity contribution in [1.82, 2.24) is 14.6 Å². The summed E-state index contributed by atoms with van der Waals surface area (Å²) < 4.78 is 30.3. The number of halogens is 2. The van der Waals surface area contributed by atoms with Crippen LogP contribution in [0.5, 0.6) is 0 Å². The molecule has 2 aliphatic heterocycles. The van der Waals surface area contributed by atoms with Gasteiger partial charge in [0.2, 0.25) is 0 Å². The van der Waals surface area contributed by atoms with Gasteiger partial charge in [-0.15, -0.1) is 11.8 Å². The second-order valence-corrected chi connectivity index (χ2v) is 10.9. The fraction of sp³-hybridized carbons (Fsp3) is 0.296. The molecule has 3 fully saturated rings. The summed E-state index contributed by atoms with van der Waals surface area (Å²) in [7, 11) is 0. The quantitative estimate of drug-likeness (QED) is 0.403. The summed E-state index contributed by atoms with van der Waals surface area (Å²) in [5.41, 5.74) is 2.95. The van der Waals surface area contributed by atoms with E-state index in [1.165, 1.54) is 18.3 Å². The lowest BCUT2D eigenvalue weighted by atomic mass is 10.0. The standard InChI is InChI=1S/C27H24F2N6OS/c28-17-1-6-23(29)21(12-17)25-20-11-16(20)14-34(25)24-7-8-35-26(32-24)22(13-30-35)27(36)31-18-2-4-19(5-3-18)33-9-10-37-15-33/h1-8,12-13,16,20,25H,9-11,14-15H2,(H,31,36)/t16?,20?,25-/m1/s1. The molecule has 7 nitrogen and oxygen atoms in total. The number of benzene rings is 2. The van der Waals surface area contributed by atoms with Crippen molar-refractivity contribution in [3.8, 4) is 0 Å². The molecule has 7 rings (SSSR count). The lowest BCUT2D eigenvalue weighted by molar-refractivity contribution is 0.102. The van der Waals surface area contributed by atoms with E-state index >= 15 is 0 Å². The number of fused-ring (bicyclic) bond motifs is 2. The number of anilines is 3. The van der Waals surface area contributed by atoms with E-state index in [-0.39, 0.29) is 17.9 Å². The first kappa shape index (κ1) is 22.5. The minimum atomic E-state index is -0.453. The van der Waals surface area contributed by atoms with Crippen LogP contribution in [-0.4, -0.2) is 45.2 Å². The SMILES string of the molecule is O=C(Nc1ccc(N2CCSC2)cc1)c1cnn2ccc(N3CC4CC4[C@@H]3c3cc(F)ccc3F)nc12. The van der Waals surface area contributed by atoms with E-state index in [0.717, 1.165) is 36.3 Å². The van der Waals surface area contributed by atoms with E-state index in [2.05, 4.69) is 15.3 Å². The number of hydrogen-bond acceptors (Lipinski definition) is 6. The van der Waals surface area contributed by atoms with Crippen molar-refractivity contribution in [3.05, 3.63) is 83.7 Å². The maximum atomic E-state index is 14.7. The maximum absolute atomic E-state index is 14.7. The molecule has 188 valence electrons. The number of thioether (sulfide) groups is 1. The first-order valence-electron chi connectivity index (χ1n) is 12.4. The van der Waals surface area contributed by atoms with Crippen molar-refractivity contribution in [2.75, 3.05) is 39.8 Å². The average molecular weight is 519 g/mol. The number of rotatable bonds is 5. The van der Waals surface area contributed by atoms with Gasteiger partial charge < -0.3 is 15.1 Å². The van der Waals surface area contributed by atoms with Gasteiger partial charge in [-0.05, 0) is 66.8 Å². The van der Waals surface area contributed by atoms with Gasteiger partial charge in [0.1, 0.15) is 23.0 Å². The molecule has 3 atom stereocenters. The van der Waals surface area contributed by atoms with Gasteiger partial charge in [-0.3, -0.25) is 4.79 Å². The number of aromatic nitrogens is 3. The number of carbonyl (C=O) groups excluding carboxylic acids is 1. The van der Waals surface area contributed by atoms with Gasteiger partial charge >= 0.3 is 0 Å². The van der Waals surface area contributed by atoms with Gasteiger partial charge in [-0.1, -0.05) is 0 Å². The topological polar surface area (TPSA) is 65.8 Å². The molecule has 1 saturated carbocycles. The minimum Gasteiger partial charge on any atom is -0.361 e. The Morgan fingerprint density at radius 3 is 2.78 bits per heavy atom. The largest absolute Gasteiger partial charge is 0.361 e. The van der Waals surface area contributed by atoms with Gasteiger partial charge in [0.15, 0.2) is 5.65 Å². The highest BCUT2D eigenvalue weighted by Crippen LogP contribution is 2.57. The highest BCUT2D eigenvalue weighted by Gasteiger charge is 2.54. The number of nitrogens with one attached hydrogen (secondary N) is 1. The molecule has 0 bridgehead atoms. The molecule has 0 radical (unpaired) electrons. The molecule has 4 heterocycles. The molecule has 2 unspecified atom stereocenters. The number of amides is 1. The van der Waals surface area contributed by atoms with Crippen LogP contribution in [0.2, 0.25) is 0 Å². The molecule has 1 N–H and O–H groups in total. The Morgan fingerprint density at radius 2 is 1.97 bits per heavy atom. The average Bonchev–Trinajstić information content (AvgIpc) is 3.28. The van der Waals surface area contributed by atoms with Crippen LogP contribution in [0.1, 0.15) is 28.4 Å². The van der Waals surface area contributed by atoms with E-state index < -0.39 is 11.6 Å². The van der Waals surface area contributed by atoms with Crippen molar-refractivity contribution < 1.29 is 13.6 Å². The van der Waals surface area contributed by atoms with E-state index in [4.69, 9.17) is 4.98 Å². The van der Waals surface area contributed by atoms with Gasteiger partial charge in [-0.2, -0.15) is 5.10 Å². The second kappa shape index (κ2) is 8.72. The van der Waals surface area contributed by atoms with Crippen molar-refractivity contribution in [3.63, 3.8) is 0 Å². The molecular formula is C27H24F2N6OS. The number of piperidine rings is 1. The Labute approximate surface area is 216 Å². The first-order valence-corrected chi connectivity index (χ1v) is 13.5. The Balaban J connectivity index is 1.16. The molecule has 0 spiro atoms. The summed E-state index contributed by atoms with van der Waals surface area (Å²) in [6.07, 6.45) is 4.25. The third-order valence-corrected chi connectivity index (χ3v) is 8.53. The van der Waals surface area contributed by atoms with E-state index in [1.807, 2.05) is 47.0 Å². The summed E-state index contributed by atoms with van der Waals surface area (Å²) >= 11 is 1.91. The predicted molar refractivity (Wildman–Crippen MR) is 140 cm³/mol. The molecule has 1 aliphatic carbocycles. The number of hydrogen-bond donors (Lipinski definition) is 1. The zero-order valence-electron chi connectivity index (χ0n) is 19.8. The third kappa shape index (κ3) is 3.99. The van der Waals surface area contributed by atoms with Crippen LogP contribution in [0.4, 0.5) is 26.0 Å². The van der Waals surface area contributed by atoms with Crippen LogP contribution >= 0.6 is 11.8 Å². The normalized spacial score (nSPS) is 22.5. The van der Waals surface area contributed by atoms with Crippen LogP contribution in [0.25, 0.3) is 5.65 Å². The van der Waals surface area contributed by atoms with Crippen LogP contribution in [0.3, 0.4) is 0 Å². The Kier molecular flexibility index (Phi) is 5.31. The monoisotopic (exact) mass is 518 g/mol. The Bertz CT molecular complexity index is 1500. The lowest BCUT2D eigenvalue weighted by Crippen LogP contribution is -2.28. The molecule has 10 heteroatoms. The maximum Gasteiger partial charge on any atom is 0.261 e. The van der Waals surface area contributed by atoms with Gasteiger partial charge in [0.05, 0.1) is 18.1 Å². The summed E-state index contributed by atoms with van der Waals surface area (Å²) in [6.45, 7) is 1.74. The fourth-order valence-corrected chi connectivity index (χ4v) is 6.57. The third-order valence-electron chi connectivity index (χ3n) is 7.56. The van der Waals surface area contributed by atoms with E-state index in [9.17, 15) is 13.6 Å². The zero-order valence-corrected chi connectivity index (χ0v) is 20.7. The van der Waals surface area contributed by atoms with Crippen LogP contribution in [0.15, 0.2) is 60.9 Å². The molecule has 3 aliphatic rings. The van der Waals surface area contributed by atoms with Crippen molar-refractivity contribution in [2.24, 2.45) is 11.8 Å². The Hall–Kier alpha value is -3.66. The minimum absolute atomic E-state index is 0.268. The molecule has 1 amide bonds. The summed E-state index contributed by atoms with van der Waals surface area (Å²) in [6, 6.07) is 13.0. The predicted octanol–water partition coefficient (Wildman–Crippen LogP) is 4.97. The van der Waals surface area contributed by atoms with Crippen molar-refractivity contribution in [2.45, 2.75) is 12.5 Å². The Morgan fingerprint density at radius 1 is 1.11 bits per heavy atom. The van der Waals surface area contributed by atoms with Crippen LogP contribution in [-0.2, 0) is 0 Å². The van der Waals surface area contributed by atoms with Gasteiger partial charge in [0, 0.05) is 42.0 Å². The molecule has 4 aromatic rings. The summed E-state index contributed by atoms with van der Waals surface area (Å²) in [5, 5.41) is 7.24. The molecule has 2 aromatic heterocycles. The molecule has 37 heavy (non-hydrogen) atoms. The van der Waals surface area contributed by atoms with Gasteiger partial charge in [-0.25, -0.2) is 18.3 Å². The number of nitrogens with zero attached hydrogens (tertiary/aromatic N) is 5.